The van der Waals surface area contributed by atoms with Gasteiger partial charge in [0.1, 0.15) is 0 Å². The van der Waals surface area contributed by atoms with E-state index in [1.165, 1.54) is 0 Å². The number of anilines is 1. The Morgan fingerprint density at radius 2 is 1.86 bits per heavy atom. The first-order chi connectivity index (χ1) is 10.1. The minimum Gasteiger partial charge on any atom is -0.385 e. The number of carbonyl (C=O) groups excluding carboxylic acids is 1. The molecule has 0 saturated heterocycles. The Morgan fingerprint density at radius 3 is 2.48 bits per heavy atom. The summed E-state index contributed by atoms with van der Waals surface area (Å²) in [7, 11) is 0. The van der Waals surface area contributed by atoms with Crippen LogP contribution >= 0.6 is 0 Å². The maximum atomic E-state index is 11.9. The predicted octanol–water partition coefficient (Wildman–Crippen LogP) is 3.30. The van der Waals surface area contributed by atoms with E-state index in [-0.39, 0.29) is 5.91 Å². The number of rotatable bonds is 10. The molecule has 0 radical (unpaired) electrons. The summed E-state index contributed by atoms with van der Waals surface area (Å²) in [6.45, 7) is 9.28. The lowest BCUT2D eigenvalue weighted by Crippen LogP contribution is -2.27. The number of carbonyl (C=O) groups is 1. The fourth-order valence-corrected chi connectivity index (χ4v) is 1.77. The van der Waals surface area contributed by atoms with E-state index in [4.69, 9.17) is 4.74 Å². The second-order valence-electron chi connectivity index (χ2n) is 5.55. The van der Waals surface area contributed by atoms with Crippen LogP contribution in [-0.4, -0.2) is 32.2 Å². The fraction of sp³-hybridized carbons (Fsp3) is 0.588. The van der Waals surface area contributed by atoms with Crippen LogP contribution in [-0.2, 0) is 4.74 Å². The molecule has 1 aromatic rings. The Hall–Kier alpha value is -1.55. The van der Waals surface area contributed by atoms with E-state index in [0.717, 1.165) is 31.7 Å². The molecule has 118 valence electrons. The van der Waals surface area contributed by atoms with Crippen LogP contribution in [0.1, 0.15) is 44.0 Å². The molecule has 0 bridgehead atoms. The van der Waals surface area contributed by atoms with Crippen LogP contribution in [0.25, 0.3) is 0 Å². The van der Waals surface area contributed by atoms with Crippen molar-refractivity contribution in [3.05, 3.63) is 29.8 Å². The molecule has 0 aliphatic carbocycles. The third-order valence-corrected chi connectivity index (χ3v) is 3.10. The van der Waals surface area contributed by atoms with E-state index >= 15 is 0 Å². The maximum Gasteiger partial charge on any atom is 0.251 e. The van der Waals surface area contributed by atoms with Gasteiger partial charge in [0.05, 0.1) is 6.61 Å². The molecule has 0 atom stereocenters. The van der Waals surface area contributed by atoms with Gasteiger partial charge >= 0.3 is 0 Å². The third kappa shape index (κ3) is 7.71. The fourth-order valence-electron chi connectivity index (χ4n) is 1.77. The lowest BCUT2D eigenvalue weighted by molar-refractivity contribution is 0.0906. The molecule has 1 rings (SSSR count). The highest BCUT2D eigenvalue weighted by Crippen LogP contribution is 2.09. The van der Waals surface area contributed by atoms with Crippen LogP contribution in [0.4, 0.5) is 5.69 Å². The molecule has 21 heavy (non-hydrogen) atoms. The smallest absolute Gasteiger partial charge is 0.251 e. The van der Waals surface area contributed by atoms with Gasteiger partial charge in [-0.1, -0.05) is 20.8 Å². The van der Waals surface area contributed by atoms with Crippen molar-refractivity contribution in [2.75, 3.05) is 31.6 Å². The topological polar surface area (TPSA) is 50.4 Å². The van der Waals surface area contributed by atoms with Crippen LogP contribution in [0, 0.1) is 5.92 Å². The Balaban J connectivity index is 2.22. The minimum atomic E-state index is -0.0514. The molecule has 1 aromatic carbocycles. The molecular weight excluding hydrogens is 264 g/mol. The number of hydrogen-bond acceptors (Lipinski definition) is 3. The van der Waals surface area contributed by atoms with Crippen molar-refractivity contribution >= 4 is 11.6 Å². The summed E-state index contributed by atoms with van der Waals surface area (Å²) in [4.78, 5) is 11.9. The molecule has 0 spiro atoms. The molecule has 0 heterocycles. The molecule has 4 nitrogen and oxygen atoms in total. The van der Waals surface area contributed by atoms with Gasteiger partial charge in [0.25, 0.3) is 5.91 Å². The van der Waals surface area contributed by atoms with Gasteiger partial charge in [0.2, 0.25) is 0 Å². The van der Waals surface area contributed by atoms with E-state index in [1.807, 2.05) is 24.3 Å². The summed E-state index contributed by atoms with van der Waals surface area (Å²) in [5, 5.41) is 6.15. The second kappa shape index (κ2) is 10.2. The first-order valence-corrected chi connectivity index (χ1v) is 7.83. The van der Waals surface area contributed by atoms with Crippen LogP contribution in [0.5, 0.6) is 0 Å². The number of hydrogen-bond donors (Lipinski definition) is 2. The van der Waals surface area contributed by atoms with E-state index in [1.54, 1.807) is 0 Å². The third-order valence-electron chi connectivity index (χ3n) is 3.10. The van der Waals surface area contributed by atoms with Crippen LogP contribution < -0.4 is 10.6 Å². The molecule has 0 fully saturated rings. The zero-order valence-electron chi connectivity index (χ0n) is 13.4. The molecule has 0 aromatic heterocycles. The summed E-state index contributed by atoms with van der Waals surface area (Å²) in [5.41, 5.74) is 1.73. The monoisotopic (exact) mass is 292 g/mol. The summed E-state index contributed by atoms with van der Waals surface area (Å²) in [5.74, 6) is 0.601. The van der Waals surface area contributed by atoms with Gasteiger partial charge in [-0.25, -0.2) is 0 Å². The Labute approximate surface area is 128 Å². The molecule has 0 saturated carbocycles. The number of ether oxygens (including phenoxy) is 1. The Bertz CT molecular complexity index is 402. The van der Waals surface area contributed by atoms with Crippen LogP contribution in [0.15, 0.2) is 24.3 Å². The molecule has 0 aliphatic rings. The molecule has 2 N–H and O–H groups in total. The largest absolute Gasteiger partial charge is 0.385 e. The van der Waals surface area contributed by atoms with Gasteiger partial charge in [-0.3, -0.25) is 4.79 Å². The van der Waals surface area contributed by atoms with Crippen LogP contribution in [0.2, 0.25) is 0 Å². The van der Waals surface area contributed by atoms with Crippen molar-refractivity contribution in [1.29, 1.82) is 0 Å². The van der Waals surface area contributed by atoms with E-state index in [2.05, 4.69) is 31.4 Å². The van der Waals surface area contributed by atoms with Crippen molar-refractivity contribution in [2.45, 2.75) is 33.6 Å². The van der Waals surface area contributed by atoms with Gasteiger partial charge in [-0.2, -0.15) is 0 Å². The van der Waals surface area contributed by atoms with Crippen molar-refractivity contribution in [3.63, 3.8) is 0 Å². The summed E-state index contributed by atoms with van der Waals surface area (Å²) in [6, 6.07) is 7.55. The van der Waals surface area contributed by atoms with E-state index < -0.39 is 0 Å². The zero-order chi connectivity index (χ0) is 15.5. The average Bonchev–Trinajstić information content (AvgIpc) is 2.48. The van der Waals surface area contributed by atoms with Gasteiger partial charge in [0.15, 0.2) is 0 Å². The van der Waals surface area contributed by atoms with Gasteiger partial charge < -0.3 is 15.4 Å². The van der Waals surface area contributed by atoms with Crippen molar-refractivity contribution in [3.8, 4) is 0 Å². The molecule has 1 amide bonds. The molecule has 0 aliphatic heterocycles. The molecule has 0 unspecified atom stereocenters. The summed E-state index contributed by atoms with van der Waals surface area (Å²) < 4.78 is 5.47. The Kier molecular flexibility index (Phi) is 8.51. The standard InChI is InChI=1S/C17H28N2O2/c1-4-10-18-16-7-5-15(6-8-16)17(20)19-11-13-21-12-9-14(2)3/h5-8,14,18H,4,9-13H2,1-3H3,(H,19,20). The quantitative estimate of drug-likeness (QED) is 0.651. The lowest BCUT2D eigenvalue weighted by Gasteiger charge is -2.09. The van der Waals surface area contributed by atoms with Crippen molar-refractivity contribution < 1.29 is 9.53 Å². The second-order valence-corrected chi connectivity index (χ2v) is 5.55. The highest BCUT2D eigenvalue weighted by atomic mass is 16.5. The Morgan fingerprint density at radius 1 is 1.14 bits per heavy atom. The first kappa shape index (κ1) is 17.5. The first-order valence-electron chi connectivity index (χ1n) is 7.83. The zero-order valence-corrected chi connectivity index (χ0v) is 13.4. The summed E-state index contributed by atoms with van der Waals surface area (Å²) >= 11 is 0. The van der Waals surface area contributed by atoms with Crippen molar-refractivity contribution in [2.24, 2.45) is 5.92 Å². The van der Waals surface area contributed by atoms with Gasteiger partial charge in [-0.05, 0) is 43.0 Å². The minimum absolute atomic E-state index is 0.0514. The summed E-state index contributed by atoms with van der Waals surface area (Å²) in [6.07, 6.45) is 2.14. The molecular formula is C17H28N2O2. The highest BCUT2D eigenvalue weighted by Gasteiger charge is 2.04. The lowest BCUT2D eigenvalue weighted by atomic mass is 10.1. The van der Waals surface area contributed by atoms with Crippen LogP contribution in [0.3, 0.4) is 0 Å². The number of nitrogens with one attached hydrogen (secondary N) is 2. The SMILES string of the molecule is CCCNc1ccc(C(=O)NCCOCCC(C)C)cc1. The number of benzene rings is 1. The maximum absolute atomic E-state index is 11.9. The van der Waals surface area contributed by atoms with Gasteiger partial charge in [0, 0.05) is 30.9 Å². The van der Waals surface area contributed by atoms with Gasteiger partial charge in [-0.15, -0.1) is 0 Å². The highest BCUT2D eigenvalue weighted by molar-refractivity contribution is 5.94. The van der Waals surface area contributed by atoms with E-state index in [0.29, 0.717) is 24.6 Å². The average molecular weight is 292 g/mol. The number of amides is 1. The predicted molar refractivity (Wildman–Crippen MR) is 87.8 cm³/mol. The normalized spacial score (nSPS) is 10.7. The van der Waals surface area contributed by atoms with Crippen molar-refractivity contribution in [1.82, 2.24) is 5.32 Å². The van der Waals surface area contributed by atoms with E-state index in [9.17, 15) is 4.79 Å². The molecule has 4 heteroatoms.